The third-order valence-corrected chi connectivity index (χ3v) is 5.00. The van der Waals surface area contributed by atoms with Gasteiger partial charge in [-0.05, 0) is 41.3 Å². The van der Waals surface area contributed by atoms with Crippen LogP contribution in [0.3, 0.4) is 0 Å². The molecule has 29 heavy (non-hydrogen) atoms. The molecule has 2 N–H and O–H groups in total. The van der Waals surface area contributed by atoms with E-state index >= 15 is 0 Å². The first-order valence-electron chi connectivity index (χ1n) is 9.12. The lowest BCUT2D eigenvalue weighted by molar-refractivity contribution is -0.139. The predicted molar refractivity (Wildman–Crippen MR) is 103 cm³/mol. The molecule has 3 aromatic rings. The zero-order valence-corrected chi connectivity index (χ0v) is 15.9. The molecule has 0 aliphatic carbocycles. The van der Waals surface area contributed by atoms with Crippen LogP contribution >= 0.6 is 0 Å². The highest BCUT2D eigenvalue weighted by molar-refractivity contribution is 6.00. The summed E-state index contributed by atoms with van der Waals surface area (Å²) in [5.41, 5.74) is 1.47. The van der Waals surface area contributed by atoms with Crippen LogP contribution in [0.25, 0.3) is 10.9 Å². The summed E-state index contributed by atoms with van der Waals surface area (Å²) in [6.07, 6.45) is -3.27. The zero-order valence-electron chi connectivity index (χ0n) is 15.9. The molecule has 0 amide bonds. The normalized spacial score (nSPS) is 13.0. The van der Waals surface area contributed by atoms with Gasteiger partial charge in [0.05, 0.1) is 11.5 Å². The van der Waals surface area contributed by atoms with Crippen molar-refractivity contribution >= 4 is 22.7 Å². The van der Waals surface area contributed by atoms with Crippen LogP contribution in [0.5, 0.6) is 0 Å². The van der Waals surface area contributed by atoms with Gasteiger partial charge < -0.3 is 10.1 Å². The number of rotatable bonds is 6. The van der Waals surface area contributed by atoms with Gasteiger partial charge in [0.15, 0.2) is 5.78 Å². The van der Waals surface area contributed by atoms with E-state index < -0.39 is 29.4 Å². The number of aromatic amines is 1. The van der Waals surface area contributed by atoms with Crippen molar-refractivity contribution in [2.45, 2.75) is 38.3 Å². The van der Waals surface area contributed by atoms with E-state index in [1.54, 1.807) is 6.20 Å². The van der Waals surface area contributed by atoms with Crippen LogP contribution in [-0.4, -0.2) is 21.8 Å². The molecule has 1 heterocycles. The molecule has 4 nitrogen and oxygen atoms in total. The van der Waals surface area contributed by atoms with Gasteiger partial charge in [-0.2, -0.15) is 13.2 Å². The Balaban J connectivity index is 1.91. The average molecular weight is 403 g/mol. The van der Waals surface area contributed by atoms with Crippen LogP contribution in [0.2, 0.25) is 0 Å². The van der Waals surface area contributed by atoms with Gasteiger partial charge in [0.25, 0.3) is 0 Å². The summed E-state index contributed by atoms with van der Waals surface area (Å²) in [5, 5.41) is 10.4. The molecule has 3 rings (SSSR count). The molecule has 0 aliphatic rings. The lowest BCUT2D eigenvalue weighted by Crippen LogP contribution is -2.16. The quantitative estimate of drug-likeness (QED) is 0.515. The molecule has 0 saturated heterocycles. The molecule has 1 aromatic heterocycles. The molecule has 0 aliphatic heterocycles. The molecule has 152 valence electrons. The fourth-order valence-corrected chi connectivity index (χ4v) is 3.29. The van der Waals surface area contributed by atoms with Crippen molar-refractivity contribution in [2.24, 2.45) is 0 Å². The monoisotopic (exact) mass is 403 g/mol. The third-order valence-electron chi connectivity index (χ3n) is 5.00. The highest BCUT2D eigenvalue weighted by atomic mass is 19.4. The predicted octanol–water partition coefficient (Wildman–Crippen LogP) is 5.75. The number of carbonyl (C=O) groups excluding carboxylic acids is 1. The van der Waals surface area contributed by atoms with E-state index in [1.807, 2.05) is 32.0 Å². The Morgan fingerprint density at radius 1 is 1.07 bits per heavy atom. The first-order chi connectivity index (χ1) is 13.6. The van der Waals surface area contributed by atoms with Crippen molar-refractivity contribution in [3.05, 3.63) is 70.9 Å². The van der Waals surface area contributed by atoms with Crippen molar-refractivity contribution < 1.29 is 27.9 Å². The SMILES string of the molecule is CC(C)c1ccc2[nH]cc(C(CC(=O)c3ccc(C(F)(F)F)cc3)C(=O)O)c2c1. The van der Waals surface area contributed by atoms with Gasteiger partial charge in [0.2, 0.25) is 0 Å². The molecule has 1 unspecified atom stereocenters. The first kappa shape index (κ1) is 20.6. The van der Waals surface area contributed by atoms with E-state index in [2.05, 4.69) is 4.98 Å². The fraction of sp³-hybridized carbons (Fsp3) is 0.273. The summed E-state index contributed by atoms with van der Waals surface area (Å²) in [6, 6.07) is 9.53. The summed E-state index contributed by atoms with van der Waals surface area (Å²) in [6.45, 7) is 4.05. The minimum absolute atomic E-state index is 0.0481. The summed E-state index contributed by atoms with van der Waals surface area (Å²) in [4.78, 5) is 27.5. The molecule has 0 radical (unpaired) electrons. The van der Waals surface area contributed by atoms with Crippen molar-refractivity contribution in [3.8, 4) is 0 Å². The number of nitrogens with one attached hydrogen (secondary N) is 1. The number of hydrogen-bond donors (Lipinski definition) is 2. The molecule has 0 fully saturated rings. The van der Waals surface area contributed by atoms with Crippen LogP contribution in [0, 0.1) is 0 Å². The van der Waals surface area contributed by atoms with E-state index in [4.69, 9.17) is 0 Å². The minimum atomic E-state index is -4.50. The zero-order chi connectivity index (χ0) is 21.3. The highest BCUT2D eigenvalue weighted by Gasteiger charge is 2.31. The van der Waals surface area contributed by atoms with Gasteiger partial charge in [-0.25, -0.2) is 0 Å². The van der Waals surface area contributed by atoms with E-state index in [1.165, 1.54) is 0 Å². The maximum atomic E-state index is 12.7. The second-order valence-electron chi connectivity index (χ2n) is 7.30. The average Bonchev–Trinajstić information content (AvgIpc) is 3.07. The standard InChI is InChI=1S/C22H20F3NO3/c1-12(2)14-5-8-19-16(9-14)18(11-26-19)17(21(28)29)10-20(27)13-3-6-15(7-4-13)22(23,24)25/h3-9,11-12,17,26H,10H2,1-2H3,(H,28,29). The summed E-state index contributed by atoms with van der Waals surface area (Å²) < 4.78 is 38.1. The van der Waals surface area contributed by atoms with Crippen LogP contribution in [-0.2, 0) is 11.0 Å². The first-order valence-corrected chi connectivity index (χ1v) is 9.12. The van der Waals surface area contributed by atoms with Gasteiger partial charge in [-0.1, -0.05) is 32.0 Å². The largest absolute Gasteiger partial charge is 0.481 e. The second kappa shape index (κ2) is 7.73. The van der Waals surface area contributed by atoms with Crippen molar-refractivity contribution in [3.63, 3.8) is 0 Å². The molecule has 0 saturated carbocycles. The number of aromatic nitrogens is 1. The summed E-state index contributed by atoms with van der Waals surface area (Å²) in [7, 11) is 0. The topological polar surface area (TPSA) is 70.2 Å². The van der Waals surface area contributed by atoms with Gasteiger partial charge in [-0.3, -0.25) is 9.59 Å². The number of carboxylic acids is 1. The lowest BCUT2D eigenvalue weighted by atomic mass is 9.90. The Hall–Kier alpha value is -3.09. The molecular formula is C22H20F3NO3. The number of alkyl halides is 3. The van der Waals surface area contributed by atoms with Crippen LogP contribution in [0.1, 0.15) is 59.2 Å². The molecule has 1 atom stereocenters. The fourth-order valence-electron chi connectivity index (χ4n) is 3.29. The van der Waals surface area contributed by atoms with E-state index in [0.29, 0.717) is 5.56 Å². The molecule has 2 aromatic carbocycles. The number of hydrogen-bond acceptors (Lipinski definition) is 2. The molecule has 0 spiro atoms. The van der Waals surface area contributed by atoms with Gasteiger partial charge >= 0.3 is 12.1 Å². The third kappa shape index (κ3) is 4.34. The van der Waals surface area contributed by atoms with Crippen LogP contribution in [0.15, 0.2) is 48.7 Å². The summed E-state index contributed by atoms with van der Waals surface area (Å²) in [5.74, 6) is -2.55. The van der Waals surface area contributed by atoms with Gasteiger partial charge in [0.1, 0.15) is 0 Å². The number of carbonyl (C=O) groups is 2. The number of Topliss-reactive ketones (excluding diaryl/α,β-unsaturated/α-hetero) is 1. The Labute approximate surface area is 165 Å². The Kier molecular flexibility index (Phi) is 5.50. The Bertz CT molecular complexity index is 1050. The van der Waals surface area contributed by atoms with Crippen molar-refractivity contribution in [1.29, 1.82) is 0 Å². The van der Waals surface area contributed by atoms with Crippen LogP contribution < -0.4 is 0 Å². The van der Waals surface area contributed by atoms with E-state index in [0.717, 1.165) is 40.7 Å². The Morgan fingerprint density at radius 2 is 1.72 bits per heavy atom. The van der Waals surface area contributed by atoms with Crippen molar-refractivity contribution in [2.75, 3.05) is 0 Å². The number of halogens is 3. The number of benzene rings is 2. The summed E-state index contributed by atoms with van der Waals surface area (Å²) >= 11 is 0. The molecule has 7 heteroatoms. The van der Waals surface area contributed by atoms with E-state index in [9.17, 15) is 27.9 Å². The van der Waals surface area contributed by atoms with E-state index in [-0.39, 0.29) is 17.9 Å². The van der Waals surface area contributed by atoms with Gasteiger partial charge in [0, 0.05) is 29.1 Å². The molecular weight excluding hydrogens is 383 g/mol. The number of H-pyrrole nitrogens is 1. The van der Waals surface area contributed by atoms with Gasteiger partial charge in [-0.15, -0.1) is 0 Å². The second-order valence-corrected chi connectivity index (χ2v) is 7.30. The maximum Gasteiger partial charge on any atom is 0.416 e. The Morgan fingerprint density at radius 3 is 2.28 bits per heavy atom. The molecule has 0 bridgehead atoms. The van der Waals surface area contributed by atoms with Crippen molar-refractivity contribution in [1.82, 2.24) is 4.98 Å². The smallest absolute Gasteiger partial charge is 0.416 e. The maximum absolute atomic E-state index is 12.7. The lowest BCUT2D eigenvalue weighted by Gasteiger charge is -2.13. The highest BCUT2D eigenvalue weighted by Crippen LogP contribution is 2.32. The van der Waals surface area contributed by atoms with Crippen LogP contribution in [0.4, 0.5) is 13.2 Å². The number of ketones is 1. The number of carboxylic acid groups (broad SMARTS) is 1. The minimum Gasteiger partial charge on any atom is -0.481 e. The number of fused-ring (bicyclic) bond motifs is 1. The number of aliphatic carboxylic acids is 1.